The number of carboxylic acids is 1. The van der Waals surface area contributed by atoms with Gasteiger partial charge in [-0.2, -0.15) is 13.2 Å². The summed E-state index contributed by atoms with van der Waals surface area (Å²) in [4.78, 5) is 84.4. The van der Waals surface area contributed by atoms with Crippen molar-refractivity contribution in [2.24, 2.45) is 17.6 Å². The molecule has 268 valence electrons. The standard InChI is InChI=1S/C29H48N4O7.C2HF3O2/c1-19(2)26(32-23(35)13-8-7-11-17-33-24(36)14-15-25(33)37)22(34)18-20(3)27(38)31-21(12-9-10-16-30)28(39)40-29(4,5)6;3-2(4,5)1(6)7/h14-15,19-21,26H,7-13,16-18,30H2,1-6H3,(H,31,38)(H,32,35);(H,6,7)/t20-,21+,26+;/m1./s1. The number of amides is 4. The monoisotopic (exact) mass is 678 g/mol. The first-order valence-electron chi connectivity index (χ1n) is 15.5. The minimum atomic E-state index is -5.08. The van der Waals surface area contributed by atoms with E-state index in [1.165, 1.54) is 17.1 Å². The second-order valence-electron chi connectivity index (χ2n) is 12.5. The molecule has 0 aromatic rings. The van der Waals surface area contributed by atoms with Gasteiger partial charge in [0.1, 0.15) is 11.6 Å². The molecule has 3 atom stereocenters. The quantitative estimate of drug-likeness (QED) is 0.0949. The van der Waals surface area contributed by atoms with Crippen molar-refractivity contribution in [3.8, 4) is 0 Å². The average molecular weight is 679 g/mol. The Hall–Kier alpha value is -3.82. The Balaban J connectivity index is 0.00000270. The van der Waals surface area contributed by atoms with Gasteiger partial charge in [-0.1, -0.05) is 27.2 Å². The first kappa shape index (κ1) is 43.2. The van der Waals surface area contributed by atoms with E-state index < -0.39 is 47.6 Å². The molecule has 16 heteroatoms. The molecule has 1 aliphatic heterocycles. The van der Waals surface area contributed by atoms with Crippen LogP contribution >= 0.6 is 0 Å². The summed E-state index contributed by atoms with van der Waals surface area (Å²) in [5.74, 6) is -5.80. The number of hydrogen-bond acceptors (Lipinski definition) is 9. The number of nitrogens with one attached hydrogen (secondary N) is 2. The number of Topliss-reactive ketones (excluding diaryl/α,β-unsaturated/α-hetero) is 1. The molecule has 1 rings (SSSR count). The molecular formula is C31H49F3N4O9. The third-order valence-electron chi connectivity index (χ3n) is 6.67. The minimum Gasteiger partial charge on any atom is -0.475 e. The highest BCUT2D eigenvalue weighted by Crippen LogP contribution is 2.16. The first-order valence-corrected chi connectivity index (χ1v) is 15.5. The van der Waals surface area contributed by atoms with Crippen molar-refractivity contribution in [3.63, 3.8) is 0 Å². The van der Waals surface area contributed by atoms with Crippen LogP contribution in [0.15, 0.2) is 12.2 Å². The maximum Gasteiger partial charge on any atom is 0.490 e. The van der Waals surface area contributed by atoms with Crippen molar-refractivity contribution in [2.45, 2.75) is 117 Å². The lowest BCUT2D eigenvalue weighted by Gasteiger charge is -2.26. The summed E-state index contributed by atoms with van der Waals surface area (Å²) >= 11 is 0. The van der Waals surface area contributed by atoms with Crippen LogP contribution in [-0.4, -0.2) is 88.3 Å². The van der Waals surface area contributed by atoms with Crippen LogP contribution in [0.3, 0.4) is 0 Å². The van der Waals surface area contributed by atoms with E-state index in [1.807, 2.05) is 13.8 Å². The number of imide groups is 1. The van der Waals surface area contributed by atoms with Gasteiger partial charge >= 0.3 is 18.1 Å². The number of nitrogens with two attached hydrogens (primary N) is 1. The van der Waals surface area contributed by atoms with Crippen LogP contribution < -0.4 is 16.4 Å². The number of aliphatic carboxylic acids is 1. The lowest BCUT2D eigenvalue weighted by Crippen LogP contribution is -2.48. The zero-order chi connectivity index (χ0) is 36.5. The first-order chi connectivity index (χ1) is 21.6. The number of ketones is 1. The summed E-state index contributed by atoms with van der Waals surface area (Å²) in [6.45, 7) is 11.3. The van der Waals surface area contributed by atoms with Gasteiger partial charge in [-0.25, -0.2) is 9.59 Å². The Morgan fingerprint density at radius 1 is 0.915 bits per heavy atom. The molecule has 0 aromatic carbocycles. The van der Waals surface area contributed by atoms with Crippen molar-refractivity contribution in [1.29, 1.82) is 0 Å². The van der Waals surface area contributed by atoms with Gasteiger partial charge in [0, 0.05) is 37.5 Å². The van der Waals surface area contributed by atoms with Gasteiger partial charge in [0.2, 0.25) is 11.8 Å². The molecule has 0 saturated carbocycles. The number of carbonyl (C=O) groups is 7. The summed E-state index contributed by atoms with van der Waals surface area (Å²) in [6.07, 6.45) is 1.01. The highest BCUT2D eigenvalue weighted by atomic mass is 19.4. The Labute approximate surface area is 273 Å². The Kier molecular flexibility index (Phi) is 18.8. The molecule has 47 heavy (non-hydrogen) atoms. The van der Waals surface area contributed by atoms with E-state index >= 15 is 0 Å². The molecule has 0 spiro atoms. The van der Waals surface area contributed by atoms with E-state index in [0.29, 0.717) is 51.6 Å². The number of rotatable bonds is 18. The molecule has 0 bridgehead atoms. The van der Waals surface area contributed by atoms with E-state index in [0.717, 1.165) is 0 Å². The fourth-order valence-corrected chi connectivity index (χ4v) is 4.20. The summed E-state index contributed by atoms with van der Waals surface area (Å²) in [5, 5.41) is 12.7. The molecular weight excluding hydrogens is 629 g/mol. The van der Waals surface area contributed by atoms with Crippen LogP contribution in [0.1, 0.15) is 92.9 Å². The highest BCUT2D eigenvalue weighted by molar-refractivity contribution is 6.12. The maximum atomic E-state index is 13.1. The van der Waals surface area contributed by atoms with Crippen molar-refractivity contribution < 1.29 is 56.6 Å². The molecule has 0 fully saturated rings. The van der Waals surface area contributed by atoms with Crippen LogP contribution in [0.2, 0.25) is 0 Å². The fourth-order valence-electron chi connectivity index (χ4n) is 4.20. The fraction of sp³-hybridized carbons (Fsp3) is 0.710. The Bertz CT molecular complexity index is 1120. The van der Waals surface area contributed by atoms with Gasteiger partial charge in [0.15, 0.2) is 5.78 Å². The molecule has 0 unspecified atom stereocenters. The van der Waals surface area contributed by atoms with Crippen molar-refractivity contribution in [1.82, 2.24) is 15.5 Å². The van der Waals surface area contributed by atoms with Gasteiger partial charge in [-0.15, -0.1) is 0 Å². The van der Waals surface area contributed by atoms with E-state index in [1.54, 1.807) is 27.7 Å². The van der Waals surface area contributed by atoms with E-state index in [9.17, 15) is 41.9 Å². The Morgan fingerprint density at radius 3 is 1.94 bits per heavy atom. The van der Waals surface area contributed by atoms with E-state index in [-0.39, 0.29) is 42.3 Å². The second-order valence-corrected chi connectivity index (χ2v) is 12.5. The van der Waals surface area contributed by atoms with Gasteiger partial charge in [-0.3, -0.25) is 28.9 Å². The van der Waals surface area contributed by atoms with Gasteiger partial charge < -0.3 is 26.2 Å². The van der Waals surface area contributed by atoms with Gasteiger partial charge in [-0.05, 0) is 65.3 Å². The Morgan fingerprint density at radius 2 is 1.47 bits per heavy atom. The highest BCUT2D eigenvalue weighted by Gasteiger charge is 2.38. The zero-order valence-electron chi connectivity index (χ0n) is 27.9. The van der Waals surface area contributed by atoms with Crippen molar-refractivity contribution in [3.05, 3.63) is 12.2 Å². The number of carbonyl (C=O) groups excluding carboxylic acids is 6. The number of alkyl halides is 3. The van der Waals surface area contributed by atoms with Crippen LogP contribution in [0, 0.1) is 11.8 Å². The largest absolute Gasteiger partial charge is 0.490 e. The molecule has 13 nitrogen and oxygen atoms in total. The number of ether oxygens (including phenoxy) is 1. The topological polar surface area (TPSA) is 202 Å². The maximum absolute atomic E-state index is 13.1. The third-order valence-corrected chi connectivity index (χ3v) is 6.67. The van der Waals surface area contributed by atoms with E-state index in [2.05, 4.69) is 10.6 Å². The third kappa shape index (κ3) is 18.2. The van der Waals surface area contributed by atoms with Crippen LogP contribution in [0.5, 0.6) is 0 Å². The zero-order valence-corrected chi connectivity index (χ0v) is 27.9. The normalized spacial score (nSPS) is 15.0. The number of hydrogen-bond donors (Lipinski definition) is 4. The summed E-state index contributed by atoms with van der Waals surface area (Å²) in [6, 6.07) is -1.59. The average Bonchev–Trinajstić information content (AvgIpc) is 3.26. The second kappa shape index (κ2) is 20.4. The number of carboxylic acid groups (broad SMARTS) is 1. The van der Waals surface area contributed by atoms with Gasteiger partial charge in [0.25, 0.3) is 11.8 Å². The lowest BCUT2D eigenvalue weighted by molar-refractivity contribution is -0.192. The summed E-state index contributed by atoms with van der Waals surface area (Å²) in [7, 11) is 0. The summed E-state index contributed by atoms with van der Waals surface area (Å²) < 4.78 is 37.2. The number of esters is 1. The molecule has 0 aliphatic carbocycles. The number of halogens is 3. The summed E-state index contributed by atoms with van der Waals surface area (Å²) in [5.41, 5.74) is 4.85. The van der Waals surface area contributed by atoms with Crippen LogP contribution in [-0.2, 0) is 38.3 Å². The predicted octanol–water partition coefficient (Wildman–Crippen LogP) is 2.80. The van der Waals surface area contributed by atoms with Crippen LogP contribution in [0.4, 0.5) is 13.2 Å². The number of unbranched alkanes of at least 4 members (excludes halogenated alkanes) is 3. The number of nitrogens with zero attached hydrogens (tertiary/aromatic N) is 1. The van der Waals surface area contributed by atoms with Gasteiger partial charge in [0.05, 0.1) is 6.04 Å². The molecule has 4 amide bonds. The predicted molar refractivity (Wildman–Crippen MR) is 164 cm³/mol. The molecule has 0 saturated heterocycles. The lowest BCUT2D eigenvalue weighted by atomic mass is 9.92. The van der Waals surface area contributed by atoms with E-state index in [4.69, 9.17) is 20.4 Å². The molecule has 1 aliphatic rings. The molecule has 0 radical (unpaired) electrons. The van der Waals surface area contributed by atoms with Crippen LogP contribution in [0.25, 0.3) is 0 Å². The molecule has 1 heterocycles. The SMILES string of the molecule is CC(C)[C@H](NC(=O)CCCCCN1C(=O)C=CC1=O)C(=O)C[C@@H](C)C(=O)N[C@@H](CCCCN)C(=O)OC(C)(C)C.O=C(O)C(F)(F)F. The van der Waals surface area contributed by atoms with Crippen molar-refractivity contribution >= 4 is 41.4 Å². The smallest absolute Gasteiger partial charge is 0.475 e. The molecule has 5 N–H and O–H groups in total. The minimum absolute atomic E-state index is 0.0925. The van der Waals surface area contributed by atoms with Crippen molar-refractivity contribution in [2.75, 3.05) is 13.1 Å². The molecule has 0 aromatic heterocycles.